The van der Waals surface area contributed by atoms with Crippen molar-refractivity contribution in [2.24, 2.45) is 0 Å². The molecule has 1 fully saturated rings. The fourth-order valence-electron chi connectivity index (χ4n) is 3.64. The first kappa shape index (κ1) is 20.8. The lowest BCUT2D eigenvalue weighted by Gasteiger charge is -2.36. The Balaban J connectivity index is 1.79. The van der Waals surface area contributed by atoms with Gasteiger partial charge in [0.15, 0.2) is 6.29 Å². The van der Waals surface area contributed by atoms with Gasteiger partial charge in [0.2, 0.25) is 0 Å². The SMILES string of the molecule is O=Cc1c(O)cccc1OCC1CCCCN1C(=O)c1ccccc1[C@@H](O)CO. The molecule has 0 aliphatic carbocycles. The standard InChI is InChI=1S/C22H25NO6/c24-12-18-19(26)9-5-10-21(18)29-14-15-6-3-4-11-23(15)22(28)17-8-2-1-7-16(17)20(27)13-25/h1-2,5,7-10,12,15,20,25-27H,3-4,6,11,13-14H2/t15?,20-/m0/s1. The van der Waals surface area contributed by atoms with Crippen molar-refractivity contribution < 1.29 is 29.6 Å². The van der Waals surface area contributed by atoms with Crippen LogP contribution in [-0.2, 0) is 0 Å². The number of aldehydes is 1. The van der Waals surface area contributed by atoms with Gasteiger partial charge in [-0.2, -0.15) is 0 Å². The van der Waals surface area contributed by atoms with Crippen molar-refractivity contribution in [3.05, 3.63) is 59.2 Å². The van der Waals surface area contributed by atoms with Crippen molar-refractivity contribution >= 4 is 12.2 Å². The van der Waals surface area contributed by atoms with Gasteiger partial charge in [-0.25, -0.2) is 0 Å². The molecule has 2 atom stereocenters. The predicted molar refractivity (Wildman–Crippen MR) is 106 cm³/mol. The Labute approximate surface area is 169 Å². The minimum Gasteiger partial charge on any atom is -0.507 e. The van der Waals surface area contributed by atoms with Gasteiger partial charge >= 0.3 is 0 Å². The highest BCUT2D eigenvalue weighted by atomic mass is 16.5. The highest BCUT2D eigenvalue weighted by Gasteiger charge is 2.30. The summed E-state index contributed by atoms with van der Waals surface area (Å²) in [5, 5.41) is 29.2. The lowest BCUT2D eigenvalue weighted by Crippen LogP contribution is -2.47. The summed E-state index contributed by atoms with van der Waals surface area (Å²) in [4.78, 5) is 26.2. The number of phenols is 1. The van der Waals surface area contributed by atoms with Gasteiger partial charge in [0, 0.05) is 12.1 Å². The summed E-state index contributed by atoms with van der Waals surface area (Å²) in [5.41, 5.74) is 0.825. The normalized spacial score (nSPS) is 17.6. The van der Waals surface area contributed by atoms with E-state index in [-0.39, 0.29) is 35.6 Å². The Bertz CT molecular complexity index is 868. The fraction of sp³-hybridized carbons (Fsp3) is 0.364. The largest absolute Gasteiger partial charge is 0.507 e. The van der Waals surface area contributed by atoms with Crippen LogP contribution < -0.4 is 4.74 Å². The number of aliphatic hydroxyl groups is 2. The maximum atomic E-state index is 13.2. The van der Waals surface area contributed by atoms with Crippen molar-refractivity contribution in [3.63, 3.8) is 0 Å². The average molecular weight is 399 g/mol. The summed E-state index contributed by atoms with van der Waals surface area (Å²) in [6.07, 6.45) is 1.96. The van der Waals surface area contributed by atoms with Crippen LogP contribution in [0.1, 0.15) is 51.6 Å². The molecule has 3 N–H and O–H groups in total. The molecular formula is C22H25NO6. The van der Waals surface area contributed by atoms with E-state index in [0.29, 0.717) is 24.0 Å². The smallest absolute Gasteiger partial charge is 0.254 e. The Morgan fingerprint density at radius 1 is 1.21 bits per heavy atom. The highest BCUT2D eigenvalue weighted by molar-refractivity contribution is 5.96. The molecule has 7 heteroatoms. The van der Waals surface area contributed by atoms with E-state index in [9.17, 15) is 24.9 Å². The first-order valence-corrected chi connectivity index (χ1v) is 9.65. The number of hydrogen-bond donors (Lipinski definition) is 3. The molecule has 1 amide bonds. The summed E-state index contributed by atoms with van der Waals surface area (Å²) < 4.78 is 5.79. The second-order valence-electron chi connectivity index (χ2n) is 7.05. The molecule has 1 unspecified atom stereocenters. The van der Waals surface area contributed by atoms with E-state index >= 15 is 0 Å². The maximum Gasteiger partial charge on any atom is 0.254 e. The first-order chi connectivity index (χ1) is 14.1. The quantitative estimate of drug-likeness (QED) is 0.617. The number of carbonyl (C=O) groups is 2. The van der Waals surface area contributed by atoms with E-state index in [1.54, 1.807) is 41.3 Å². The zero-order valence-electron chi connectivity index (χ0n) is 16.0. The van der Waals surface area contributed by atoms with Gasteiger partial charge in [-0.3, -0.25) is 9.59 Å². The molecule has 1 aliphatic rings. The van der Waals surface area contributed by atoms with Crippen LogP contribution in [0.25, 0.3) is 0 Å². The Morgan fingerprint density at radius 2 is 2.00 bits per heavy atom. The lowest BCUT2D eigenvalue weighted by molar-refractivity contribution is 0.0513. The van der Waals surface area contributed by atoms with Crippen LogP contribution in [0.4, 0.5) is 0 Å². The Hall–Kier alpha value is -2.90. The van der Waals surface area contributed by atoms with Crippen molar-refractivity contribution in [2.75, 3.05) is 19.8 Å². The lowest BCUT2D eigenvalue weighted by atomic mass is 9.97. The molecule has 0 aromatic heterocycles. The number of amides is 1. The average Bonchev–Trinajstić information content (AvgIpc) is 2.77. The monoisotopic (exact) mass is 399 g/mol. The zero-order chi connectivity index (χ0) is 20.8. The third kappa shape index (κ3) is 4.58. The molecule has 2 aromatic rings. The molecule has 0 spiro atoms. The van der Waals surface area contributed by atoms with Crippen LogP contribution in [0.2, 0.25) is 0 Å². The maximum absolute atomic E-state index is 13.2. The number of nitrogens with zero attached hydrogens (tertiary/aromatic N) is 1. The highest BCUT2D eigenvalue weighted by Crippen LogP contribution is 2.28. The van der Waals surface area contributed by atoms with Gasteiger partial charge in [0.05, 0.1) is 18.2 Å². The van der Waals surface area contributed by atoms with E-state index in [4.69, 9.17) is 4.74 Å². The second-order valence-corrected chi connectivity index (χ2v) is 7.05. The molecule has 154 valence electrons. The third-order valence-electron chi connectivity index (χ3n) is 5.20. The molecule has 0 bridgehead atoms. The van der Waals surface area contributed by atoms with E-state index in [0.717, 1.165) is 19.3 Å². The number of carbonyl (C=O) groups excluding carboxylic acids is 2. The predicted octanol–water partition coefficient (Wildman–Crippen LogP) is 2.30. The number of likely N-dealkylation sites (tertiary alicyclic amines) is 1. The molecule has 0 radical (unpaired) electrons. The van der Waals surface area contributed by atoms with Gasteiger partial charge in [-0.1, -0.05) is 24.3 Å². The Morgan fingerprint density at radius 3 is 2.76 bits per heavy atom. The van der Waals surface area contributed by atoms with E-state index in [1.807, 2.05) is 0 Å². The topological polar surface area (TPSA) is 107 Å². The third-order valence-corrected chi connectivity index (χ3v) is 5.20. The Kier molecular flexibility index (Phi) is 6.85. The van der Waals surface area contributed by atoms with Gasteiger partial charge in [-0.05, 0) is 43.0 Å². The van der Waals surface area contributed by atoms with Crippen LogP contribution in [0, 0.1) is 0 Å². The summed E-state index contributed by atoms with van der Waals surface area (Å²) in [6, 6.07) is 11.1. The van der Waals surface area contributed by atoms with Gasteiger partial charge < -0.3 is 25.0 Å². The zero-order valence-corrected chi connectivity index (χ0v) is 16.0. The first-order valence-electron chi connectivity index (χ1n) is 9.65. The number of aliphatic hydroxyl groups excluding tert-OH is 2. The number of benzene rings is 2. The van der Waals surface area contributed by atoms with Crippen LogP contribution in [0.5, 0.6) is 11.5 Å². The molecule has 29 heavy (non-hydrogen) atoms. The number of piperidine rings is 1. The number of aromatic hydroxyl groups is 1. The number of phenolic OH excluding ortho intramolecular Hbond substituents is 1. The van der Waals surface area contributed by atoms with Crippen LogP contribution in [0.15, 0.2) is 42.5 Å². The minimum atomic E-state index is -1.13. The van der Waals surface area contributed by atoms with Gasteiger partial charge in [0.1, 0.15) is 24.2 Å². The molecule has 1 aliphatic heterocycles. The number of ether oxygens (including phenoxy) is 1. The fourth-order valence-corrected chi connectivity index (χ4v) is 3.64. The van der Waals surface area contributed by atoms with Gasteiger partial charge in [-0.15, -0.1) is 0 Å². The van der Waals surface area contributed by atoms with Crippen molar-refractivity contribution in [1.82, 2.24) is 4.90 Å². The van der Waals surface area contributed by atoms with Crippen molar-refractivity contribution in [2.45, 2.75) is 31.4 Å². The summed E-state index contributed by atoms with van der Waals surface area (Å²) in [5.74, 6) is -0.108. The molecule has 7 nitrogen and oxygen atoms in total. The number of hydrogen-bond acceptors (Lipinski definition) is 6. The molecule has 3 rings (SSSR count). The molecular weight excluding hydrogens is 374 g/mol. The molecule has 2 aromatic carbocycles. The summed E-state index contributed by atoms with van der Waals surface area (Å²) >= 11 is 0. The summed E-state index contributed by atoms with van der Waals surface area (Å²) in [7, 11) is 0. The molecule has 0 saturated carbocycles. The van der Waals surface area contributed by atoms with Crippen LogP contribution >= 0.6 is 0 Å². The van der Waals surface area contributed by atoms with Crippen molar-refractivity contribution in [1.29, 1.82) is 0 Å². The van der Waals surface area contributed by atoms with Crippen LogP contribution in [-0.4, -0.2) is 58.2 Å². The van der Waals surface area contributed by atoms with E-state index in [1.165, 1.54) is 6.07 Å². The molecule has 1 saturated heterocycles. The minimum absolute atomic E-state index is 0.0811. The number of rotatable bonds is 7. The second kappa shape index (κ2) is 9.54. The van der Waals surface area contributed by atoms with Crippen LogP contribution in [0.3, 0.4) is 0 Å². The summed E-state index contributed by atoms with van der Waals surface area (Å²) in [6.45, 7) is 0.264. The van der Waals surface area contributed by atoms with Crippen molar-refractivity contribution in [3.8, 4) is 11.5 Å². The van der Waals surface area contributed by atoms with E-state index < -0.39 is 12.7 Å². The molecule has 1 heterocycles. The van der Waals surface area contributed by atoms with E-state index in [2.05, 4.69) is 0 Å². The van der Waals surface area contributed by atoms with Gasteiger partial charge in [0.25, 0.3) is 5.91 Å².